The van der Waals surface area contributed by atoms with Crippen LogP contribution in [0.3, 0.4) is 0 Å². The van der Waals surface area contributed by atoms with E-state index in [0.717, 1.165) is 5.56 Å². The lowest BCUT2D eigenvalue weighted by Crippen LogP contribution is -2.41. The van der Waals surface area contributed by atoms with E-state index in [1.807, 2.05) is 19.1 Å². The molecule has 0 aliphatic carbocycles. The molecule has 0 fully saturated rings. The molecule has 0 aromatic heterocycles. The molecule has 4 nitrogen and oxygen atoms in total. The van der Waals surface area contributed by atoms with E-state index in [1.54, 1.807) is 31.1 Å². The summed E-state index contributed by atoms with van der Waals surface area (Å²) in [5.41, 5.74) is 0.752. The molecule has 16 heavy (non-hydrogen) atoms. The minimum absolute atomic E-state index is 0.00533. The number of amides is 1. The van der Waals surface area contributed by atoms with E-state index in [4.69, 9.17) is 0 Å². The largest absolute Gasteiger partial charge is 0.508 e. The molecule has 1 unspecified atom stereocenters. The first kappa shape index (κ1) is 12.5. The fourth-order valence-corrected chi connectivity index (χ4v) is 1.43. The monoisotopic (exact) mass is 222 g/mol. The quantitative estimate of drug-likeness (QED) is 0.797. The van der Waals surface area contributed by atoms with Crippen molar-refractivity contribution in [1.29, 1.82) is 0 Å². The molecule has 0 heterocycles. The lowest BCUT2D eigenvalue weighted by molar-refractivity contribution is -0.132. The lowest BCUT2D eigenvalue weighted by Gasteiger charge is -2.21. The Morgan fingerprint density at radius 2 is 2.12 bits per heavy atom. The van der Waals surface area contributed by atoms with E-state index in [2.05, 4.69) is 5.32 Å². The molecular weight excluding hydrogens is 204 g/mol. The SMILES string of the molecule is CNC(C)C(=O)N(C)Cc1ccccc1O. The molecule has 1 aromatic carbocycles. The molecule has 1 atom stereocenters. The van der Waals surface area contributed by atoms with Crippen molar-refractivity contribution in [3.05, 3.63) is 29.8 Å². The van der Waals surface area contributed by atoms with Crippen LogP contribution in [0.1, 0.15) is 12.5 Å². The zero-order valence-corrected chi connectivity index (χ0v) is 9.90. The number of carbonyl (C=O) groups excluding carboxylic acids is 1. The van der Waals surface area contributed by atoms with Gasteiger partial charge in [0.25, 0.3) is 0 Å². The summed E-state index contributed by atoms with van der Waals surface area (Å²) in [6, 6.07) is 6.82. The van der Waals surface area contributed by atoms with Crippen molar-refractivity contribution >= 4 is 5.91 Å². The smallest absolute Gasteiger partial charge is 0.239 e. The highest BCUT2D eigenvalue weighted by Crippen LogP contribution is 2.17. The summed E-state index contributed by atoms with van der Waals surface area (Å²) in [5, 5.41) is 12.5. The number of nitrogens with one attached hydrogen (secondary N) is 1. The highest BCUT2D eigenvalue weighted by Gasteiger charge is 2.16. The zero-order chi connectivity index (χ0) is 12.1. The molecule has 0 aliphatic rings. The van der Waals surface area contributed by atoms with Crippen molar-refractivity contribution < 1.29 is 9.90 Å². The third-order valence-electron chi connectivity index (χ3n) is 2.58. The molecule has 0 bridgehead atoms. The van der Waals surface area contributed by atoms with Gasteiger partial charge in [-0.05, 0) is 20.0 Å². The summed E-state index contributed by atoms with van der Waals surface area (Å²) in [5.74, 6) is 0.227. The summed E-state index contributed by atoms with van der Waals surface area (Å²) in [6.45, 7) is 2.22. The summed E-state index contributed by atoms with van der Waals surface area (Å²) in [6.07, 6.45) is 0. The van der Waals surface area contributed by atoms with E-state index in [0.29, 0.717) is 6.54 Å². The number of nitrogens with zero attached hydrogens (tertiary/aromatic N) is 1. The Hall–Kier alpha value is -1.55. The predicted octanol–water partition coefficient (Wildman–Crippen LogP) is 0.958. The van der Waals surface area contributed by atoms with Crippen molar-refractivity contribution in [2.24, 2.45) is 0 Å². The van der Waals surface area contributed by atoms with Crippen LogP contribution in [0, 0.1) is 0 Å². The standard InChI is InChI=1S/C12H18N2O2/c1-9(13-2)12(16)14(3)8-10-6-4-5-7-11(10)15/h4-7,9,13,15H,8H2,1-3H3. The number of aromatic hydroxyl groups is 1. The number of rotatable bonds is 4. The molecule has 1 rings (SSSR count). The number of hydrogen-bond donors (Lipinski definition) is 2. The molecule has 4 heteroatoms. The maximum absolute atomic E-state index is 11.8. The first-order valence-electron chi connectivity index (χ1n) is 5.25. The van der Waals surface area contributed by atoms with Crippen molar-refractivity contribution in [2.45, 2.75) is 19.5 Å². The van der Waals surface area contributed by atoms with Gasteiger partial charge in [-0.3, -0.25) is 4.79 Å². The number of phenolic OH excluding ortho intramolecular Hbond substituents is 1. The van der Waals surface area contributed by atoms with Crippen molar-refractivity contribution in [3.8, 4) is 5.75 Å². The van der Waals surface area contributed by atoms with Crippen LogP contribution in [0.2, 0.25) is 0 Å². The van der Waals surface area contributed by atoms with Crippen molar-refractivity contribution in [3.63, 3.8) is 0 Å². The van der Waals surface area contributed by atoms with E-state index < -0.39 is 0 Å². The summed E-state index contributed by atoms with van der Waals surface area (Å²) < 4.78 is 0. The molecule has 0 spiro atoms. The molecule has 1 amide bonds. The van der Waals surface area contributed by atoms with Crippen LogP contribution in [-0.4, -0.2) is 36.1 Å². The second-order valence-corrected chi connectivity index (χ2v) is 3.83. The fraction of sp³-hybridized carbons (Fsp3) is 0.417. The van der Waals surface area contributed by atoms with Gasteiger partial charge in [-0.25, -0.2) is 0 Å². The Bertz CT molecular complexity index is 366. The van der Waals surface area contributed by atoms with E-state index >= 15 is 0 Å². The Morgan fingerprint density at radius 3 is 2.69 bits per heavy atom. The Balaban J connectivity index is 2.68. The minimum Gasteiger partial charge on any atom is -0.508 e. The first-order chi connectivity index (χ1) is 7.56. The Kier molecular flexibility index (Phi) is 4.31. The molecular formula is C12H18N2O2. The van der Waals surface area contributed by atoms with Gasteiger partial charge in [0.15, 0.2) is 0 Å². The zero-order valence-electron chi connectivity index (χ0n) is 9.90. The molecule has 2 N–H and O–H groups in total. The second kappa shape index (κ2) is 5.51. The van der Waals surface area contributed by atoms with Crippen LogP contribution in [0.4, 0.5) is 0 Å². The Morgan fingerprint density at radius 1 is 1.50 bits per heavy atom. The van der Waals surface area contributed by atoms with Crippen LogP contribution in [0.5, 0.6) is 5.75 Å². The number of para-hydroxylation sites is 1. The molecule has 88 valence electrons. The van der Waals surface area contributed by atoms with Crippen LogP contribution >= 0.6 is 0 Å². The first-order valence-corrected chi connectivity index (χ1v) is 5.25. The van der Waals surface area contributed by atoms with Gasteiger partial charge >= 0.3 is 0 Å². The van der Waals surface area contributed by atoms with Gasteiger partial charge in [-0.15, -0.1) is 0 Å². The highest BCUT2D eigenvalue weighted by molar-refractivity contribution is 5.81. The van der Waals surface area contributed by atoms with Gasteiger partial charge in [0, 0.05) is 19.2 Å². The summed E-state index contributed by atoms with van der Waals surface area (Å²) in [7, 11) is 3.47. The minimum atomic E-state index is -0.212. The number of hydrogen-bond acceptors (Lipinski definition) is 3. The van der Waals surface area contributed by atoms with Crippen LogP contribution in [0.25, 0.3) is 0 Å². The van der Waals surface area contributed by atoms with Crippen LogP contribution < -0.4 is 5.32 Å². The number of carbonyl (C=O) groups is 1. The lowest BCUT2D eigenvalue weighted by atomic mass is 10.2. The Labute approximate surface area is 95.9 Å². The summed E-state index contributed by atoms with van der Waals surface area (Å²) in [4.78, 5) is 13.4. The van der Waals surface area contributed by atoms with E-state index in [1.165, 1.54) is 0 Å². The molecule has 0 saturated heterocycles. The third-order valence-corrected chi connectivity index (χ3v) is 2.58. The second-order valence-electron chi connectivity index (χ2n) is 3.83. The summed E-state index contributed by atoms with van der Waals surface area (Å²) >= 11 is 0. The van der Waals surface area contributed by atoms with E-state index in [-0.39, 0.29) is 17.7 Å². The van der Waals surface area contributed by atoms with Crippen LogP contribution in [0.15, 0.2) is 24.3 Å². The van der Waals surface area contributed by atoms with Gasteiger partial charge in [0.05, 0.1) is 6.04 Å². The van der Waals surface area contributed by atoms with Gasteiger partial charge in [0.2, 0.25) is 5.91 Å². The van der Waals surface area contributed by atoms with Gasteiger partial charge in [-0.2, -0.15) is 0 Å². The maximum Gasteiger partial charge on any atom is 0.239 e. The molecule has 0 saturated carbocycles. The number of likely N-dealkylation sites (N-methyl/N-ethyl adjacent to an activating group) is 2. The van der Waals surface area contributed by atoms with Crippen molar-refractivity contribution in [1.82, 2.24) is 10.2 Å². The molecule has 0 radical (unpaired) electrons. The van der Waals surface area contributed by atoms with Gasteiger partial charge in [-0.1, -0.05) is 18.2 Å². The normalized spacial score (nSPS) is 12.2. The topological polar surface area (TPSA) is 52.6 Å². The van der Waals surface area contributed by atoms with Crippen LogP contribution in [-0.2, 0) is 11.3 Å². The third kappa shape index (κ3) is 2.97. The number of benzene rings is 1. The highest BCUT2D eigenvalue weighted by atomic mass is 16.3. The number of phenols is 1. The fourth-order valence-electron chi connectivity index (χ4n) is 1.43. The molecule has 1 aromatic rings. The maximum atomic E-state index is 11.8. The average Bonchev–Trinajstić information content (AvgIpc) is 2.30. The predicted molar refractivity (Wildman–Crippen MR) is 63.1 cm³/mol. The average molecular weight is 222 g/mol. The van der Waals surface area contributed by atoms with Gasteiger partial charge < -0.3 is 15.3 Å². The van der Waals surface area contributed by atoms with Gasteiger partial charge in [0.1, 0.15) is 5.75 Å². The molecule has 0 aliphatic heterocycles. The van der Waals surface area contributed by atoms with E-state index in [9.17, 15) is 9.90 Å². The van der Waals surface area contributed by atoms with Crippen molar-refractivity contribution in [2.75, 3.05) is 14.1 Å².